The lowest BCUT2D eigenvalue weighted by molar-refractivity contribution is 0.102. The topological polar surface area (TPSA) is 75.3 Å². The normalized spacial score (nSPS) is 11.4. The van der Waals surface area contributed by atoms with Crippen LogP contribution < -0.4 is 10.0 Å². The number of anilines is 1. The first-order valence-electron chi connectivity index (χ1n) is 7.34. The molecule has 0 spiro atoms. The Kier molecular flexibility index (Phi) is 5.52. The molecule has 0 atom stereocenters. The summed E-state index contributed by atoms with van der Waals surface area (Å²) in [7, 11) is -3.54. The quantitative estimate of drug-likeness (QED) is 0.854. The predicted molar refractivity (Wildman–Crippen MR) is 90.9 cm³/mol. The third kappa shape index (κ3) is 4.91. The third-order valence-corrected chi connectivity index (χ3v) is 4.58. The van der Waals surface area contributed by atoms with Crippen LogP contribution >= 0.6 is 0 Å². The Morgan fingerprint density at radius 2 is 1.61 bits per heavy atom. The molecule has 0 saturated heterocycles. The van der Waals surface area contributed by atoms with Gasteiger partial charge in [0.15, 0.2) is 0 Å². The number of benzene rings is 2. The number of carbonyl (C=O) groups is 1. The van der Waals surface area contributed by atoms with E-state index >= 15 is 0 Å². The molecule has 0 radical (unpaired) electrons. The molecule has 0 unspecified atom stereocenters. The maximum atomic E-state index is 12.1. The van der Waals surface area contributed by atoms with Crippen molar-refractivity contribution in [3.63, 3.8) is 0 Å². The van der Waals surface area contributed by atoms with Gasteiger partial charge in [-0.25, -0.2) is 13.1 Å². The largest absolute Gasteiger partial charge is 0.322 e. The molecule has 1 amide bonds. The highest BCUT2D eigenvalue weighted by Crippen LogP contribution is 2.13. The summed E-state index contributed by atoms with van der Waals surface area (Å²) in [4.78, 5) is 12.3. The van der Waals surface area contributed by atoms with Gasteiger partial charge < -0.3 is 5.32 Å². The minimum Gasteiger partial charge on any atom is -0.322 e. The molecule has 2 aromatic carbocycles. The van der Waals surface area contributed by atoms with Crippen LogP contribution in [0.2, 0.25) is 0 Å². The number of hydrogen-bond donors (Lipinski definition) is 2. The van der Waals surface area contributed by atoms with Gasteiger partial charge in [-0.3, -0.25) is 4.79 Å². The van der Waals surface area contributed by atoms with Crippen molar-refractivity contribution in [3.8, 4) is 0 Å². The van der Waals surface area contributed by atoms with Gasteiger partial charge in [0.2, 0.25) is 10.0 Å². The average Bonchev–Trinajstić information content (AvgIpc) is 2.54. The van der Waals surface area contributed by atoms with Crippen molar-refractivity contribution >= 4 is 21.6 Å². The summed E-state index contributed by atoms with van der Waals surface area (Å²) in [6.07, 6.45) is 0. The summed E-state index contributed by atoms with van der Waals surface area (Å²) >= 11 is 0. The molecule has 2 rings (SSSR count). The molecule has 0 aliphatic carbocycles. The average molecular weight is 332 g/mol. The monoisotopic (exact) mass is 332 g/mol. The van der Waals surface area contributed by atoms with Crippen molar-refractivity contribution < 1.29 is 13.2 Å². The minimum atomic E-state index is -3.54. The summed E-state index contributed by atoms with van der Waals surface area (Å²) in [6.45, 7) is 4.23. The number of nitrogens with one attached hydrogen (secondary N) is 2. The van der Waals surface area contributed by atoms with E-state index in [1.807, 2.05) is 32.0 Å². The van der Waals surface area contributed by atoms with E-state index in [0.717, 1.165) is 0 Å². The Morgan fingerprint density at radius 1 is 1.00 bits per heavy atom. The lowest BCUT2D eigenvalue weighted by Crippen LogP contribution is -2.27. The molecule has 6 heteroatoms. The second kappa shape index (κ2) is 7.39. The molecule has 0 saturated carbocycles. The van der Waals surface area contributed by atoms with Crippen LogP contribution in [-0.4, -0.2) is 20.9 Å². The molecule has 5 nitrogen and oxygen atoms in total. The first kappa shape index (κ1) is 17.2. The molecule has 0 bridgehead atoms. The lowest BCUT2D eigenvalue weighted by atomic mass is 10.2. The van der Waals surface area contributed by atoms with Gasteiger partial charge in [-0.1, -0.05) is 32.0 Å². The van der Waals surface area contributed by atoms with Crippen molar-refractivity contribution in [1.29, 1.82) is 0 Å². The predicted octanol–water partition coefficient (Wildman–Crippen LogP) is 2.87. The zero-order valence-corrected chi connectivity index (χ0v) is 13.9. The van der Waals surface area contributed by atoms with E-state index in [-0.39, 0.29) is 16.7 Å². The summed E-state index contributed by atoms with van der Waals surface area (Å²) in [5, 5.41) is 2.75. The molecule has 122 valence electrons. The van der Waals surface area contributed by atoms with E-state index in [2.05, 4.69) is 10.0 Å². The van der Waals surface area contributed by atoms with E-state index in [1.165, 1.54) is 24.3 Å². The van der Waals surface area contributed by atoms with E-state index in [4.69, 9.17) is 0 Å². The molecule has 0 aliphatic rings. The van der Waals surface area contributed by atoms with Gasteiger partial charge in [0.25, 0.3) is 5.91 Å². The van der Waals surface area contributed by atoms with Crippen LogP contribution in [0, 0.1) is 5.92 Å². The fraction of sp³-hybridized carbons (Fsp3) is 0.235. The summed E-state index contributed by atoms with van der Waals surface area (Å²) in [5.41, 5.74) is 1.09. The Bertz CT molecular complexity index is 754. The smallest absolute Gasteiger partial charge is 0.255 e. The Balaban J connectivity index is 2.08. The van der Waals surface area contributed by atoms with Crippen LogP contribution in [0.15, 0.2) is 59.5 Å². The molecule has 2 N–H and O–H groups in total. The number of carbonyl (C=O) groups excluding carboxylic acids is 1. The van der Waals surface area contributed by atoms with Crippen molar-refractivity contribution in [1.82, 2.24) is 4.72 Å². The maximum absolute atomic E-state index is 12.1. The van der Waals surface area contributed by atoms with Crippen LogP contribution in [0.3, 0.4) is 0 Å². The summed E-state index contributed by atoms with van der Waals surface area (Å²) in [5.74, 6) is -0.0593. The fourth-order valence-electron chi connectivity index (χ4n) is 1.87. The molecular formula is C17H20N2O3S. The van der Waals surface area contributed by atoms with Crippen molar-refractivity contribution in [2.75, 3.05) is 11.9 Å². The van der Waals surface area contributed by atoms with Crippen LogP contribution in [0.4, 0.5) is 5.69 Å². The second-order valence-electron chi connectivity index (χ2n) is 5.59. The van der Waals surface area contributed by atoms with Crippen LogP contribution in [0.25, 0.3) is 0 Å². The number of para-hydroxylation sites is 1. The van der Waals surface area contributed by atoms with Gasteiger partial charge in [-0.15, -0.1) is 0 Å². The van der Waals surface area contributed by atoms with Crippen LogP contribution in [0.1, 0.15) is 24.2 Å². The van der Waals surface area contributed by atoms with Gasteiger partial charge in [-0.2, -0.15) is 0 Å². The molecule has 23 heavy (non-hydrogen) atoms. The molecule has 0 fully saturated rings. The van der Waals surface area contributed by atoms with Crippen molar-refractivity contribution in [2.24, 2.45) is 5.92 Å². The van der Waals surface area contributed by atoms with Gasteiger partial charge in [0, 0.05) is 17.8 Å². The standard InChI is InChI=1S/C17H20N2O3S/c1-13(2)12-18-23(21,22)16-10-8-14(9-11-16)17(20)19-15-6-4-3-5-7-15/h3-11,13,18H,12H2,1-2H3,(H,19,20). The summed E-state index contributed by atoms with van der Waals surface area (Å²) < 4.78 is 26.7. The number of hydrogen-bond acceptors (Lipinski definition) is 3. The van der Waals surface area contributed by atoms with Gasteiger partial charge in [0.1, 0.15) is 0 Å². The SMILES string of the molecule is CC(C)CNS(=O)(=O)c1ccc(C(=O)Nc2ccccc2)cc1. The number of amides is 1. The lowest BCUT2D eigenvalue weighted by Gasteiger charge is -2.09. The highest BCUT2D eigenvalue weighted by Gasteiger charge is 2.15. The van der Waals surface area contributed by atoms with E-state index in [0.29, 0.717) is 17.8 Å². The molecule has 0 heterocycles. The minimum absolute atomic E-state index is 0.148. The second-order valence-corrected chi connectivity index (χ2v) is 7.36. The highest BCUT2D eigenvalue weighted by atomic mass is 32.2. The molecule has 2 aromatic rings. The van der Waals surface area contributed by atoms with Crippen molar-refractivity contribution in [3.05, 3.63) is 60.2 Å². The highest BCUT2D eigenvalue weighted by molar-refractivity contribution is 7.89. The number of sulfonamides is 1. The van der Waals surface area contributed by atoms with Gasteiger partial charge >= 0.3 is 0 Å². The fourth-order valence-corrected chi connectivity index (χ4v) is 3.08. The summed E-state index contributed by atoms with van der Waals surface area (Å²) in [6, 6.07) is 14.9. The van der Waals surface area contributed by atoms with Gasteiger partial charge in [-0.05, 0) is 42.3 Å². The zero-order valence-electron chi connectivity index (χ0n) is 13.1. The van der Waals surface area contributed by atoms with Gasteiger partial charge in [0.05, 0.1) is 4.90 Å². The van der Waals surface area contributed by atoms with Crippen LogP contribution in [-0.2, 0) is 10.0 Å². The third-order valence-electron chi connectivity index (χ3n) is 3.14. The maximum Gasteiger partial charge on any atom is 0.255 e. The van der Waals surface area contributed by atoms with E-state index in [1.54, 1.807) is 12.1 Å². The van der Waals surface area contributed by atoms with Crippen LogP contribution in [0.5, 0.6) is 0 Å². The number of rotatable bonds is 6. The molecule has 0 aromatic heterocycles. The molecule has 0 aliphatic heterocycles. The van der Waals surface area contributed by atoms with E-state index < -0.39 is 10.0 Å². The zero-order chi connectivity index (χ0) is 16.9. The molecular weight excluding hydrogens is 312 g/mol. The first-order chi connectivity index (χ1) is 10.9. The Hall–Kier alpha value is -2.18. The van der Waals surface area contributed by atoms with Crippen molar-refractivity contribution in [2.45, 2.75) is 18.7 Å². The Labute approximate surface area is 136 Å². The van der Waals surface area contributed by atoms with E-state index in [9.17, 15) is 13.2 Å². The Morgan fingerprint density at radius 3 is 2.17 bits per heavy atom. The first-order valence-corrected chi connectivity index (χ1v) is 8.83.